The average molecular weight is 404 g/mol. The lowest BCUT2D eigenvalue weighted by molar-refractivity contribution is -0.146. The van der Waals surface area contributed by atoms with E-state index >= 15 is 0 Å². The molecule has 0 bridgehead atoms. The van der Waals surface area contributed by atoms with E-state index in [1.807, 2.05) is 37.3 Å². The van der Waals surface area contributed by atoms with Crippen LogP contribution in [0.4, 0.5) is 10.1 Å². The van der Waals surface area contributed by atoms with Crippen LogP contribution in [0.5, 0.6) is 0 Å². The average Bonchev–Trinajstić information content (AvgIpc) is 2.69. The van der Waals surface area contributed by atoms with Crippen molar-refractivity contribution >= 4 is 35.2 Å². The molecule has 0 saturated heterocycles. The molecule has 0 aliphatic rings. The molecule has 0 aromatic heterocycles. The lowest BCUT2D eigenvalue weighted by Crippen LogP contribution is -2.31. The van der Waals surface area contributed by atoms with Crippen LogP contribution >= 0.6 is 11.8 Å². The molecule has 1 atom stereocenters. The standard InChI is InChI=1S/C20H21FN2O4S/c1-14(15-5-3-2-4-6-15)22-18(24)11-27-20(26)13-28-12-19(25)23-17-9-7-16(21)8-10-17/h2-10,14H,11-13H2,1H3,(H,22,24)(H,23,25)/t14-/m1/s1. The van der Waals surface area contributed by atoms with Gasteiger partial charge in [-0.25, -0.2) is 4.39 Å². The molecule has 2 rings (SSSR count). The molecular formula is C20H21FN2O4S. The molecule has 0 saturated carbocycles. The summed E-state index contributed by atoms with van der Waals surface area (Å²) >= 11 is 1.06. The minimum atomic E-state index is -0.581. The van der Waals surface area contributed by atoms with Crippen LogP contribution in [0.3, 0.4) is 0 Å². The number of rotatable bonds is 9. The fourth-order valence-corrected chi connectivity index (χ4v) is 2.86. The highest BCUT2D eigenvalue weighted by Gasteiger charge is 2.12. The van der Waals surface area contributed by atoms with Gasteiger partial charge >= 0.3 is 5.97 Å². The Balaban J connectivity index is 1.61. The van der Waals surface area contributed by atoms with Crippen LogP contribution in [0.15, 0.2) is 54.6 Å². The first-order chi connectivity index (χ1) is 13.4. The smallest absolute Gasteiger partial charge is 0.316 e. The monoisotopic (exact) mass is 404 g/mol. The van der Waals surface area contributed by atoms with Crippen LogP contribution in [0.25, 0.3) is 0 Å². The maximum atomic E-state index is 12.8. The SMILES string of the molecule is C[C@@H](NC(=O)COC(=O)CSCC(=O)Nc1ccc(F)cc1)c1ccccc1. The van der Waals surface area contributed by atoms with Gasteiger partial charge in [0.05, 0.1) is 17.5 Å². The van der Waals surface area contributed by atoms with Crippen molar-refractivity contribution in [1.29, 1.82) is 0 Å². The minimum absolute atomic E-state index is 0.0315. The summed E-state index contributed by atoms with van der Waals surface area (Å²) in [7, 11) is 0. The predicted molar refractivity (Wildman–Crippen MR) is 106 cm³/mol. The largest absolute Gasteiger partial charge is 0.455 e. The third-order valence-corrected chi connectivity index (χ3v) is 4.53. The van der Waals surface area contributed by atoms with E-state index in [9.17, 15) is 18.8 Å². The third-order valence-electron chi connectivity index (χ3n) is 3.62. The van der Waals surface area contributed by atoms with Gasteiger partial charge in [0, 0.05) is 5.69 Å². The van der Waals surface area contributed by atoms with E-state index in [4.69, 9.17) is 4.74 Å². The molecule has 0 aliphatic carbocycles. The molecule has 0 spiro atoms. The van der Waals surface area contributed by atoms with E-state index in [1.54, 1.807) is 0 Å². The fraction of sp³-hybridized carbons (Fsp3) is 0.250. The fourth-order valence-electron chi connectivity index (χ4n) is 2.25. The van der Waals surface area contributed by atoms with Gasteiger partial charge < -0.3 is 15.4 Å². The Labute approximate surface area is 166 Å². The Morgan fingerprint density at radius 1 is 1.00 bits per heavy atom. The van der Waals surface area contributed by atoms with Gasteiger partial charge in [-0.2, -0.15) is 0 Å². The highest BCUT2D eigenvalue weighted by molar-refractivity contribution is 8.00. The number of ether oxygens (including phenoxy) is 1. The molecule has 2 N–H and O–H groups in total. The highest BCUT2D eigenvalue weighted by atomic mass is 32.2. The van der Waals surface area contributed by atoms with Gasteiger partial charge in [-0.15, -0.1) is 11.8 Å². The van der Waals surface area contributed by atoms with Crippen LogP contribution in [0.1, 0.15) is 18.5 Å². The normalized spacial score (nSPS) is 11.4. The summed E-state index contributed by atoms with van der Waals surface area (Å²) in [6.07, 6.45) is 0. The molecule has 2 amide bonds. The van der Waals surface area contributed by atoms with Crippen molar-refractivity contribution in [2.24, 2.45) is 0 Å². The number of thioether (sulfide) groups is 1. The number of halogens is 1. The van der Waals surface area contributed by atoms with Gasteiger partial charge in [-0.05, 0) is 36.8 Å². The van der Waals surface area contributed by atoms with Crippen LogP contribution in [-0.2, 0) is 19.1 Å². The van der Waals surface area contributed by atoms with Crippen molar-refractivity contribution in [2.75, 3.05) is 23.4 Å². The van der Waals surface area contributed by atoms with Gasteiger partial charge in [0.15, 0.2) is 6.61 Å². The second-order valence-corrected chi connectivity index (χ2v) is 6.89. The number of hydrogen-bond acceptors (Lipinski definition) is 5. The molecule has 2 aromatic rings. The predicted octanol–water partition coefficient (Wildman–Crippen LogP) is 2.92. The van der Waals surface area contributed by atoms with E-state index < -0.39 is 17.7 Å². The third kappa shape index (κ3) is 7.79. The van der Waals surface area contributed by atoms with Gasteiger partial charge in [0.2, 0.25) is 5.91 Å². The summed E-state index contributed by atoms with van der Waals surface area (Å²) < 4.78 is 17.7. The summed E-state index contributed by atoms with van der Waals surface area (Å²) in [5.41, 5.74) is 1.42. The Hall–Kier alpha value is -2.87. The topological polar surface area (TPSA) is 84.5 Å². The van der Waals surface area contributed by atoms with E-state index in [2.05, 4.69) is 10.6 Å². The molecule has 0 fully saturated rings. The number of anilines is 1. The lowest BCUT2D eigenvalue weighted by atomic mass is 10.1. The number of benzene rings is 2. The second-order valence-electron chi connectivity index (χ2n) is 5.91. The number of esters is 1. The van der Waals surface area contributed by atoms with E-state index in [-0.39, 0.29) is 30.1 Å². The minimum Gasteiger partial charge on any atom is -0.455 e. The molecule has 0 radical (unpaired) electrons. The second kappa shape index (κ2) is 11.1. The quantitative estimate of drug-likeness (QED) is 0.628. The zero-order chi connectivity index (χ0) is 20.4. The van der Waals surface area contributed by atoms with Crippen molar-refractivity contribution in [1.82, 2.24) is 5.32 Å². The van der Waals surface area contributed by atoms with Crippen molar-refractivity contribution in [3.8, 4) is 0 Å². The van der Waals surface area contributed by atoms with E-state index in [0.29, 0.717) is 5.69 Å². The summed E-state index contributed by atoms with van der Waals surface area (Å²) in [6.45, 7) is 1.46. The Bertz CT molecular complexity index is 800. The van der Waals surface area contributed by atoms with Crippen LogP contribution in [-0.4, -0.2) is 35.9 Å². The molecule has 28 heavy (non-hydrogen) atoms. The first-order valence-electron chi connectivity index (χ1n) is 8.57. The molecule has 8 heteroatoms. The van der Waals surface area contributed by atoms with Crippen LogP contribution in [0, 0.1) is 5.82 Å². The maximum Gasteiger partial charge on any atom is 0.316 e. The van der Waals surface area contributed by atoms with E-state index in [1.165, 1.54) is 24.3 Å². The molecule has 6 nitrogen and oxygen atoms in total. The number of carbonyl (C=O) groups is 3. The summed E-state index contributed by atoms with van der Waals surface area (Å²) in [5.74, 6) is -1.72. The maximum absolute atomic E-state index is 12.8. The molecule has 0 heterocycles. The van der Waals surface area contributed by atoms with Crippen molar-refractivity contribution < 1.29 is 23.5 Å². The van der Waals surface area contributed by atoms with Crippen molar-refractivity contribution in [3.63, 3.8) is 0 Å². The van der Waals surface area contributed by atoms with Gasteiger partial charge in [0.1, 0.15) is 5.82 Å². The van der Waals surface area contributed by atoms with Crippen LogP contribution in [0.2, 0.25) is 0 Å². The number of hydrogen-bond donors (Lipinski definition) is 2. The number of nitrogens with one attached hydrogen (secondary N) is 2. The molecular weight excluding hydrogens is 383 g/mol. The van der Waals surface area contributed by atoms with Crippen molar-refractivity contribution in [3.05, 3.63) is 66.0 Å². The zero-order valence-electron chi connectivity index (χ0n) is 15.3. The van der Waals surface area contributed by atoms with Gasteiger partial charge in [-0.1, -0.05) is 30.3 Å². The number of amides is 2. The van der Waals surface area contributed by atoms with Gasteiger partial charge in [0.25, 0.3) is 5.91 Å². The highest BCUT2D eigenvalue weighted by Crippen LogP contribution is 2.11. The summed E-state index contributed by atoms with van der Waals surface area (Å²) in [6, 6.07) is 14.6. The lowest BCUT2D eigenvalue weighted by Gasteiger charge is -2.14. The molecule has 0 aliphatic heterocycles. The summed E-state index contributed by atoms with van der Waals surface area (Å²) in [5, 5.41) is 5.33. The zero-order valence-corrected chi connectivity index (χ0v) is 16.1. The Morgan fingerprint density at radius 2 is 1.68 bits per heavy atom. The first kappa shape index (κ1) is 21.4. The molecule has 148 valence electrons. The van der Waals surface area contributed by atoms with Crippen molar-refractivity contribution in [2.45, 2.75) is 13.0 Å². The Kier molecular flexibility index (Phi) is 8.48. The van der Waals surface area contributed by atoms with Gasteiger partial charge in [-0.3, -0.25) is 14.4 Å². The van der Waals surface area contributed by atoms with E-state index in [0.717, 1.165) is 17.3 Å². The molecule has 0 unspecified atom stereocenters. The first-order valence-corrected chi connectivity index (χ1v) is 9.72. The molecule has 2 aromatic carbocycles. The number of carbonyl (C=O) groups excluding carboxylic acids is 3. The Morgan fingerprint density at radius 3 is 2.36 bits per heavy atom. The summed E-state index contributed by atoms with van der Waals surface area (Å²) in [4.78, 5) is 35.3. The van der Waals surface area contributed by atoms with Crippen LogP contribution < -0.4 is 10.6 Å².